The first-order valence-electron chi connectivity index (χ1n) is 6.47. The standard InChI is InChI=1S/C15H23ClFN/c1-11(10-18-15(2,3)4)5-6-12-9-13(17)7-8-14(12)16/h7-9,11,18H,5-6,10H2,1-4H3. The summed E-state index contributed by atoms with van der Waals surface area (Å²) in [5.41, 5.74) is 1.05. The van der Waals surface area contributed by atoms with E-state index < -0.39 is 0 Å². The van der Waals surface area contributed by atoms with Crippen LogP contribution in [-0.4, -0.2) is 12.1 Å². The fraction of sp³-hybridized carbons (Fsp3) is 0.600. The van der Waals surface area contributed by atoms with Crippen LogP contribution in [-0.2, 0) is 6.42 Å². The Morgan fingerprint density at radius 3 is 2.61 bits per heavy atom. The smallest absolute Gasteiger partial charge is 0.123 e. The Bertz CT molecular complexity index is 385. The number of hydrogen-bond donors (Lipinski definition) is 1. The van der Waals surface area contributed by atoms with Crippen molar-refractivity contribution in [2.75, 3.05) is 6.54 Å². The van der Waals surface area contributed by atoms with Crippen LogP contribution in [0, 0.1) is 11.7 Å². The summed E-state index contributed by atoms with van der Waals surface area (Å²) in [4.78, 5) is 0. The maximum atomic E-state index is 13.1. The summed E-state index contributed by atoms with van der Waals surface area (Å²) < 4.78 is 13.1. The van der Waals surface area contributed by atoms with Crippen molar-refractivity contribution in [3.05, 3.63) is 34.6 Å². The molecule has 1 nitrogen and oxygen atoms in total. The number of hydrogen-bond acceptors (Lipinski definition) is 1. The Morgan fingerprint density at radius 2 is 2.00 bits per heavy atom. The van der Waals surface area contributed by atoms with Gasteiger partial charge in [0.05, 0.1) is 0 Å². The molecule has 0 aromatic heterocycles. The van der Waals surface area contributed by atoms with Crippen LogP contribution in [0.1, 0.15) is 39.7 Å². The maximum Gasteiger partial charge on any atom is 0.123 e. The largest absolute Gasteiger partial charge is 0.312 e. The Kier molecular flexibility index (Phi) is 5.61. The summed E-state index contributed by atoms with van der Waals surface area (Å²) in [7, 11) is 0. The van der Waals surface area contributed by atoms with E-state index in [1.54, 1.807) is 6.07 Å². The SMILES string of the molecule is CC(CCc1cc(F)ccc1Cl)CNC(C)(C)C. The van der Waals surface area contributed by atoms with Gasteiger partial charge in [0.15, 0.2) is 0 Å². The van der Waals surface area contributed by atoms with Gasteiger partial charge in [0.25, 0.3) is 0 Å². The van der Waals surface area contributed by atoms with Crippen LogP contribution in [0.25, 0.3) is 0 Å². The summed E-state index contributed by atoms with van der Waals surface area (Å²) in [5.74, 6) is 0.332. The second-order valence-corrected chi connectivity index (χ2v) is 6.42. The number of rotatable bonds is 5. The van der Waals surface area contributed by atoms with E-state index in [1.165, 1.54) is 12.1 Å². The summed E-state index contributed by atoms with van der Waals surface area (Å²) in [6, 6.07) is 4.56. The van der Waals surface area contributed by atoms with Crippen molar-refractivity contribution in [1.82, 2.24) is 5.32 Å². The van der Waals surface area contributed by atoms with Gasteiger partial charge in [0.2, 0.25) is 0 Å². The molecule has 0 aliphatic rings. The Hall–Kier alpha value is -0.600. The lowest BCUT2D eigenvalue weighted by molar-refractivity contribution is 0.372. The van der Waals surface area contributed by atoms with E-state index in [1.807, 2.05) is 0 Å². The zero-order chi connectivity index (χ0) is 13.8. The molecular formula is C15H23ClFN. The fourth-order valence-electron chi connectivity index (χ4n) is 1.72. The first-order chi connectivity index (χ1) is 8.28. The molecule has 1 atom stereocenters. The fourth-order valence-corrected chi connectivity index (χ4v) is 1.93. The van der Waals surface area contributed by atoms with Crippen molar-refractivity contribution in [2.24, 2.45) is 5.92 Å². The zero-order valence-electron chi connectivity index (χ0n) is 11.7. The summed E-state index contributed by atoms with van der Waals surface area (Å²) in [5, 5.41) is 4.14. The second kappa shape index (κ2) is 6.53. The average Bonchev–Trinajstić information content (AvgIpc) is 2.26. The lowest BCUT2D eigenvalue weighted by Gasteiger charge is -2.23. The molecule has 0 spiro atoms. The molecule has 0 saturated carbocycles. The number of aryl methyl sites for hydroxylation is 1. The van der Waals surface area contributed by atoms with Crippen LogP contribution in [0.3, 0.4) is 0 Å². The Labute approximate surface area is 115 Å². The third-order valence-electron chi connectivity index (χ3n) is 2.90. The molecule has 0 bridgehead atoms. The number of nitrogens with one attached hydrogen (secondary N) is 1. The maximum absolute atomic E-state index is 13.1. The van der Waals surface area contributed by atoms with Crippen molar-refractivity contribution >= 4 is 11.6 Å². The molecule has 0 aliphatic carbocycles. The van der Waals surface area contributed by atoms with Gasteiger partial charge in [-0.25, -0.2) is 4.39 Å². The van der Waals surface area contributed by atoms with Crippen LogP contribution >= 0.6 is 11.6 Å². The molecule has 1 N–H and O–H groups in total. The van der Waals surface area contributed by atoms with Gasteiger partial charge in [-0.3, -0.25) is 0 Å². The van der Waals surface area contributed by atoms with E-state index in [0.29, 0.717) is 10.9 Å². The monoisotopic (exact) mass is 271 g/mol. The normalized spacial score (nSPS) is 13.7. The van der Waals surface area contributed by atoms with Crippen molar-refractivity contribution in [3.63, 3.8) is 0 Å². The molecule has 0 saturated heterocycles. The van der Waals surface area contributed by atoms with Gasteiger partial charge in [-0.15, -0.1) is 0 Å². The van der Waals surface area contributed by atoms with E-state index in [2.05, 4.69) is 33.0 Å². The molecule has 102 valence electrons. The highest BCUT2D eigenvalue weighted by Gasteiger charge is 2.11. The lowest BCUT2D eigenvalue weighted by atomic mass is 9.99. The van der Waals surface area contributed by atoms with E-state index in [4.69, 9.17) is 11.6 Å². The van der Waals surface area contributed by atoms with Crippen molar-refractivity contribution < 1.29 is 4.39 Å². The predicted octanol–water partition coefficient (Wildman–Crippen LogP) is 4.44. The van der Waals surface area contributed by atoms with E-state index in [-0.39, 0.29) is 11.4 Å². The third-order valence-corrected chi connectivity index (χ3v) is 3.26. The summed E-state index contributed by atoms with van der Waals surface area (Å²) in [6.07, 6.45) is 1.83. The Balaban J connectivity index is 2.42. The molecule has 0 aliphatic heterocycles. The van der Waals surface area contributed by atoms with Gasteiger partial charge in [-0.1, -0.05) is 18.5 Å². The van der Waals surface area contributed by atoms with Gasteiger partial charge in [-0.2, -0.15) is 0 Å². The highest BCUT2D eigenvalue weighted by Crippen LogP contribution is 2.20. The third kappa shape index (κ3) is 5.83. The number of halogens is 2. The van der Waals surface area contributed by atoms with Gasteiger partial charge in [0, 0.05) is 10.6 Å². The molecule has 0 heterocycles. The van der Waals surface area contributed by atoms with Gasteiger partial charge in [-0.05, 0) is 69.8 Å². The molecule has 18 heavy (non-hydrogen) atoms. The molecule has 1 aromatic carbocycles. The van der Waals surface area contributed by atoms with E-state index in [0.717, 1.165) is 24.9 Å². The number of benzene rings is 1. The topological polar surface area (TPSA) is 12.0 Å². The van der Waals surface area contributed by atoms with Gasteiger partial charge >= 0.3 is 0 Å². The predicted molar refractivity (Wildman–Crippen MR) is 76.7 cm³/mol. The van der Waals surface area contributed by atoms with Crippen molar-refractivity contribution in [2.45, 2.75) is 46.1 Å². The average molecular weight is 272 g/mol. The zero-order valence-corrected chi connectivity index (χ0v) is 12.4. The molecule has 1 aromatic rings. The Morgan fingerprint density at radius 1 is 1.33 bits per heavy atom. The first-order valence-corrected chi connectivity index (χ1v) is 6.84. The second-order valence-electron chi connectivity index (χ2n) is 6.01. The van der Waals surface area contributed by atoms with Crippen LogP contribution in [0.5, 0.6) is 0 Å². The molecule has 0 radical (unpaired) electrons. The quantitative estimate of drug-likeness (QED) is 0.835. The molecule has 1 unspecified atom stereocenters. The van der Waals surface area contributed by atoms with Crippen LogP contribution in [0.2, 0.25) is 5.02 Å². The highest BCUT2D eigenvalue weighted by atomic mass is 35.5. The lowest BCUT2D eigenvalue weighted by Crippen LogP contribution is -2.38. The van der Waals surface area contributed by atoms with E-state index in [9.17, 15) is 4.39 Å². The van der Waals surface area contributed by atoms with Crippen molar-refractivity contribution in [3.8, 4) is 0 Å². The molecular weight excluding hydrogens is 249 g/mol. The van der Waals surface area contributed by atoms with Gasteiger partial charge < -0.3 is 5.32 Å². The molecule has 0 amide bonds. The van der Waals surface area contributed by atoms with Crippen molar-refractivity contribution in [1.29, 1.82) is 0 Å². The highest BCUT2D eigenvalue weighted by molar-refractivity contribution is 6.31. The summed E-state index contributed by atoms with van der Waals surface area (Å²) >= 11 is 6.05. The minimum absolute atomic E-state index is 0.144. The first kappa shape index (κ1) is 15.5. The molecule has 1 rings (SSSR count). The minimum atomic E-state index is -0.213. The molecule has 0 fully saturated rings. The molecule has 3 heteroatoms. The van der Waals surface area contributed by atoms with Crippen LogP contribution < -0.4 is 5.32 Å². The van der Waals surface area contributed by atoms with E-state index >= 15 is 0 Å². The summed E-state index contributed by atoms with van der Waals surface area (Å²) in [6.45, 7) is 9.64. The minimum Gasteiger partial charge on any atom is -0.312 e. The van der Waals surface area contributed by atoms with Crippen LogP contribution in [0.15, 0.2) is 18.2 Å². The van der Waals surface area contributed by atoms with Gasteiger partial charge in [0.1, 0.15) is 5.82 Å². The van der Waals surface area contributed by atoms with Crippen LogP contribution in [0.4, 0.5) is 4.39 Å².